The van der Waals surface area contributed by atoms with Crippen molar-refractivity contribution in [3.8, 4) is 0 Å². The molecule has 2 aromatic rings. The largest absolute Gasteiger partial charge is 0.283 e. The van der Waals surface area contributed by atoms with Gasteiger partial charge in [0.05, 0.1) is 16.3 Å². The number of hydrogen-bond donors (Lipinski definition) is 0. The van der Waals surface area contributed by atoms with Gasteiger partial charge in [-0.05, 0) is 56.9 Å². The molecule has 10 heteroatoms. The van der Waals surface area contributed by atoms with E-state index in [0.717, 1.165) is 21.4 Å². The topological polar surface area (TPSA) is 89.3 Å². The Bertz CT molecular complexity index is 1050. The van der Waals surface area contributed by atoms with Gasteiger partial charge in [-0.2, -0.15) is 21.9 Å². The Morgan fingerprint density at radius 1 is 1.00 bits per heavy atom. The minimum Gasteiger partial charge on any atom is -0.207 e. The van der Waals surface area contributed by atoms with E-state index in [4.69, 9.17) is 0 Å². The average molecular weight is 476 g/mol. The lowest BCUT2D eigenvalue weighted by Gasteiger charge is -2.29. The lowest BCUT2D eigenvalue weighted by atomic mass is 10.0. The zero-order chi connectivity index (χ0) is 20.0. The highest BCUT2D eigenvalue weighted by molar-refractivity contribution is 9.10. The molecule has 0 N–H and O–H groups in total. The Kier molecular flexibility index (Phi) is 5.55. The molecule has 1 saturated heterocycles. The molecule has 1 aliphatic rings. The van der Waals surface area contributed by atoms with Crippen molar-refractivity contribution in [1.82, 2.24) is 13.5 Å². The monoisotopic (exact) mass is 475 g/mol. The maximum atomic E-state index is 13.1. The summed E-state index contributed by atoms with van der Waals surface area (Å²) in [6, 6.07) is 6.14. The van der Waals surface area contributed by atoms with Crippen molar-refractivity contribution in [3.05, 3.63) is 40.1 Å². The summed E-state index contributed by atoms with van der Waals surface area (Å²) in [6.07, 6.45) is 1.59. The Balaban J connectivity index is 2.06. The van der Waals surface area contributed by atoms with Crippen LogP contribution in [0.15, 0.2) is 38.5 Å². The van der Waals surface area contributed by atoms with Gasteiger partial charge in [0, 0.05) is 17.6 Å². The summed E-state index contributed by atoms with van der Waals surface area (Å²) < 4.78 is 55.2. The Morgan fingerprint density at radius 3 is 2.11 bits per heavy atom. The van der Waals surface area contributed by atoms with Gasteiger partial charge in [0.2, 0.25) is 10.0 Å². The highest BCUT2D eigenvalue weighted by Gasteiger charge is 2.35. The summed E-state index contributed by atoms with van der Waals surface area (Å²) in [4.78, 5) is 0.0322. The number of piperidine rings is 1. The third-order valence-corrected chi connectivity index (χ3v) is 9.22. The standard InChI is InChI=1S/C17H22BrN3O4S2/c1-12-8-10-20(11-9-12)27(24,25)17-13(2)19-21(14(17)3)26(22,23)16-6-4-15(18)5-7-16/h4-7,12H,8-11H2,1-3H3. The molecule has 1 aromatic heterocycles. The first-order chi connectivity index (χ1) is 12.5. The molecular weight excluding hydrogens is 454 g/mol. The van der Waals surface area contributed by atoms with E-state index < -0.39 is 20.0 Å². The molecule has 0 spiro atoms. The minimum atomic E-state index is -3.99. The van der Waals surface area contributed by atoms with Crippen LogP contribution < -0.4 is 0 Å². The van der Waals surface area contributed by atoms with Gasteiger partial charge in [0.15, 0.2) is 0 Å². The van der Waals surface area contributed by atoms with Gasteiger partial charge < -0.3 is 0 Å². The van der Waals surface area contributed by atoms with Gasteiger partial charge in [0.25, 0.3) is 10.0 Å². The first-order valence-corrected chi connectivity index (χ1v) is 12.3. The molecule has 148 valence electrons. The Labute approximate surface area is 168 Å². The Morgan fingerprint density at radius 2 is 1.56 bits per heavy atom. The number of aromatic nitrogens is 2. The predicted molar refractivity (Wildman–Crippen MR) is 106 cm³/mol. The second-order valence-electron chi connectivity index (χ2n) is 6.89. The molecule has 0 radical (unpaired) electrons. The second-order valence-corrected chi connectivity index (χ2v) is 11.4. The van der Waals surface area contributed by atoms with Crippen LogP contribution in [0, 0.1) is 19.8 Å². The number of aryl methyl sites for hydroxylation is 1. The summed E-state index contributed by atoms with van der Waals surface area (Å²) in [5, 5.41) is 4.07. The van der Waals surface area contributed by atoms with E-state index in [-0.39, 0.29) is 21.2 Å². The van der Waals surface area contributed by atoms with Gasteiger partial charge in [0.1, 0.15) is 4.90 Å². The molecule has 27 heavy (non-hydrogen) atoms. The summed E-state index contributed by atoms with van der Waals surface area (Å²) in [5.74, 6) is 0.485. The molecule has 0 aliphatic carbocycles. The Hall–Kier alpha value is -1.23. The van der Waals surface area contributed by atoms with Crippen molar-refractivity contribution in [2.24, 2.45) is 5.92 Å². The van der Waals surface area contributed by atoms with Crippen LogP contribution in [0.1, 0.15) is 31.2 Å². The number of nitrogens with zero attached hydrogens (tertiary/aromatic N) is 3. The van der Waals surface area contributed by atoms with Crippen molar-refractivity contribution in [1.29, 1.82) is 0 Å². The highest BCUT2D eigenvalue weighted by atomic mass is 79.9. The maximum Gasteiger partial charge on any atom is 0.283 e. The van der Waals surface area contributed by atoms with E-state index in [1.165, 1.54) is 30.3 Å². The number of hydrogen-bond acceptors (Lipinski definition) is 5. The van der Waals surface area contributed by atoms with Gasteiger partial charge in [-0.3, -0.25) is 0 Å². The van der Waals surface area contributed by atoms with Crippen molar-refractivity contribution in [3.63, 3.8) is 0 Å². The van der Waals surface area contributed by atoms with Crippen LogP contribution in [0.4, 0.5) is 0 Å². The first-order valence-electron chi connectivity index (χ1n) is 8.62. The third-order valence-electron chi connectivity index (χ3n) is 4.86. The fraction of sp³-hybridized carbons (Fsp3) is 0.471. The van der Waals surface area contributed by atoms with Crippen LogP contribution in [-0.2, 0) is 20.0 Å². The third kappa shape index (κ3) is 3.72. The molecule has 2 heterocycles. The van der Waals surface area contributed by atoms with Crippen molar-refractivity contribution >= 4 is 36.0 Å². The maximum absolute atomic E-state index is 13.1. The fourth-order valence-electron chi connectivity index (χ4n) is 3.27. The number of rotatable bonds is 4. The molecule has 0 bridgehead atoms. The van der Waals surface area contributed by atoms with Crippen LogP contribution >= 0.6 is 15.9 Å². The summed E-state index contributed by atoms with van der Waals surface area (Å²) in [5.41, 5.74) is 0.292. The van der Waals surface area contributed by atoms with Gasteiger partial charge in [-0.25, -0.2) is 8.42 Å². The van der Waals surface area contributed by atoms with E-state index in [1.807, 2.05) is 0 Å². The van der Waals surface area contributed by atoms with Gasteiger partial charge in [-0.15, -0.1) is 0 Å². The van der Waals surface area contributed by atoms with E-state index >= 15 is 0 Å². The molecule has 7 nitrogen and oxygen atoms in total. The molecule has 1 aromatic carbocycles. The number of sulfonamides is 1. The van der Waals surface area contributed by atoms with Crippen LogP contribution in [0.2, 0.25) is 0 Å². The lowest BCUT2D eigenvalue weighted by molar-refractivity contribution is 0.288. The van der Waals surface area contributed by atoms with Crippen LogP contribution in [0.5, 0.6) is 0 Å². The highest BCUT2D eigenvalue weighted by Crippen LogP contribution is 2.29. The van der Waals surface area contributed by atoms with Crippen molar-refractivity contribution in [2.45, 2.75) is 43.4 Å². The van der Waals surface area contributed by atoms with E-state index in [0.29, 0.717) is 19.0 Å². The fourth-order valence-corrected chi connectivity index (χ4v) is 6.78. The number of halogens is 1. The van der Waals surface area contributed by atoms with Crippen LogP contribution in [-0.4, -0.2) is 43.4 Å². The van der Waals surface area contributed by atoms with E-state index in [9.17, 15) is 16.8 Å². The lowest BCUT2D eigenvalue weighted by Crippen LogP contribution is -2.38. The number of benzene rings is 1. The first kappa shape index (κ1) is 20.5. The summed E-state index contributed by atoms with van der Waals surface area (Å²) in [6.45, 7) is 5.99. The zero-order valence-electron chi connectivity index (χ0n) is 15.4. The second kappa shape index (κ2) is 7.31. The zero-order valence-corrected chi connectivity index (χ0v) is 18.6. The van der Waals surface area contributed by atoms with E-state index in [1.54, 1.807) is 12.1 Å². The molecule has 1 aliphatic heterocycles. The summed E-state index contributed by atoms with van der Waals surface area (Å²) in [7, 11) is -7.78. The van der Waals surface area contributed by atoms with Crippen LogP contribution in [0.25, 0.3) is 0 Å². The predicted octanol–water partition coefficient (Wildman–Crippen LogP) is 2.92. The molecule has 0 saturated carbocycles. The molecule has 1 fully saturated rings. The normalized spacial score (nSPS) is 17.3. The molecular formula is C17H22BrN3O4S2. The quantitative estimate of drug-likeness (QED) is 0.677. The van der Waals surface area contributed by atoms with Crippen molar-refractivity contribution in [2.75, 3.05) is 13.1 Å². The van der Waals surface area contributed by atoms with Gasteiger partial charge in [-0.1, -0.05) is 22.9 Å². The smallest absolute Gasteiger partial charge is 0.207 e. The van der Waals surface area contributed by atoms with Crippen molar-refractivity contribution < 1.29 is 16.8 Å². The molecule has 0 amide bonds. The SMILES string of the molecule is Cc1nn(S(=O)(=O)c2ccc(Br)cc2)c(C)c1S(=O)(=O)N1CCC(C)CC1. The summed E-state index contributed by atoms with van der Waals surface area (Å²) >= 11 is 3.27. The van der Waals surface area contributed by atoms with E-state index in [2.05, 4.69) is 28.0 Å². The molecule has 0 atom stereocenters. The molecule has 3 rings (SSSR count). The van der Waals surface area contributed by atoms with Crippen LogP contribution in [0.3, 0.4) is 0 Å². The molecule has 0 unspecified atom stereocenters. The minimum absolute atomic E-state index is 0.0160. The average Bonchev–Trinajstić information content (AvgIpc) is 2.91. The van der Waals surface area contributed by atoms with Gasteiger partial charge >= 0.3 is 0 Å².